The first kappa shape index (κ1) is 9.49. The molecule has 0 spiro atoms. The SMILES string of the molecule is CC(CO)c1cc2ccc(O)cc2s1. The van der Waals surface area contributed by atoms with Crippen molar-refractivity contribution in [3.63, 3.8) is 0 Å². The second-order valence-corrected chi connectivity index (χ2v) is 4.57. The summed E-state index contributed by atoms with van der Waals surface area (Å²) in [5.41, 5.74) is 0. The van der Waals surface area contributed by atoms with Crippen LogP contribution < -0.4 is 0 Å². The molecule has 0 bridgehead atoms. The Morgan fingerprint density at radius 3 is 2.86 bits per heavy atom. The lowest BCUT2D eigenvalue weighted by Crippen LogP contribution is -1.94. The van der Waals surface area contributed by atoms with Gasteiger partial charge in [0.25, 0.3) is 0 Å². The standard InChI is InChI=1S/C11H12O2S/c1-7(6-12)10-4-8-2-3-9(13)5-11(8)14-10/h2-5,7,12-13H,6H2,1H3. The van der Waals surface area contributed by atoms with Crippen LogP contribution in [0.3, 0.4) is 0 Å². The van der Waals surface area contributed by atoms with E-state index in [1.165, 1.54) is 0 Å². The van der Waals surface area contributed by atoms with Gasteiger partial charge in [0, 0.05) is 15.5 Å². The topological polar surface area (TPSA) is 40.5 Å². The maximum atomic E-state index is 9.29. The summed E-state index contributed by atoms with van der Waals surface area (Å²) < 4.78 is 1.07. The van der Waals surface area contributed by atoms with Crippen LogP contribution in [0.25, 0.3) is 10.1 Å². The zero-order valence-corrected chi connectivity index (χ0v) is 8.71. The van der Waals surface area contributed by atoms with Crippen molar-refractivity contribution in [1.82, 2.24) is 0 Å². The summed E-state index contributed by atoms with van der Waals surface area (Å²) in [4.78, 5) is 1.16. The highest BCUT2D eigenvalue weighted by Gasteiger charge is 2.08. The lowest BCUT2D eigenvalue weighted by molar-refractivity contribution is 0.274. The van der Waals surface area contributed by atoms with E-state index in [0.717, 1.165) is 15.0 Å². The number of phenolic OH excluding ortho intramolecular Hbond substituents is 1. The van der Waals surface area contributed by atoms with Crippen LogP contribution in [-0.4, -0.2) is 16.8 Å². The van der Waals surface area contributed by atoms with Crippen LogP contribution in [0.1, 0.15) is 17.7 Å². The first-order valence-corrected chi connectivity index (χ1v) is 5.35. The third-order valence-corrected chi connectivity index (χ3v) is 3.61. The van der Waals surface area contributed by atoms with Crippen LogP contribution in [0.2, 0.25) is 0 Å². The summed E-state index contributed by atoms with van der Waals surface area (Å²) in [5.74, 6) is 0.470. The van der Waals surface area contributed by atoms with Crippen molar-refractivity contribution in [2.24, 2.45) is 0 Å². The third kappa shape index (κ3) is 1.61. The van der Waals surface area contributed by atoms with Crippen LogP contribution in [0.5, 0.6) is 5.75 Å². The van der Waals surface area contributed by atoms with Gasteiger partial charge in [-0.2, -0.15) is 0 Å². The number of hydrogen-bond donors (Lipinski definition) is 2. The smallest absolute Gasteiger partial charge is 0.117 e. The van der Waals surface area contributed by atoms with E-state index in [1.807, 2.05) is 13.0 Å². The second kappa shape index (κ2) is 3.59. The molecule has 1 aromatic heterocycles. The quantitative estimate of drug-likeness (QED) is 0.796. The molecular weight excluding hydrogens is 196 g/mol. The van der Waals surface area contributed by atoms with Crippen molar-refractivity contribution >= 4 is 21.4 Å². The zero-order valence-electron chi connectivity index (χ0n) is 7.90. The highest BCUT2D eigenvalue weighted by molar-refractivity contribution is 7.19. The average Bonchev–Trinajstić information content (AvgIpc) is 2.59. The molecule has 2 nitrogen and oxygen atoms in total. The number of aliphatic hydroxyl groups excluding tert-OH is 1. The molecule has 74 valence electrons. The van der Waals surface area contributed by atoms with E-state index in [9.17, 15) is 5.11 Å². The zero-order chi connectivity index (χ0) is 10.1. The van der Waals surface area contributed by atoms with Crippen molar-refractivity contribution < 1.29 is 10.2 Å². The first-order valence-electron chi connectivity index (χ1n) is 4.54. The van der Waals surface area contributed by atoms with Crippen LogP contribution in [0, 0.1) is 0 Å². The van der Waals surface area contributed by atoms with E-state index >= 15 is 0 Å². The number of fused-ring (bicyclic) bond motifs is 1. The lowest BCUT2D eigenvalue weighted by atomic mass is 10.1. The monoisotopic (exact) mass is 208 g/mol. The van der Waals surface area contributed by atoms with Gasteiger partial charge in [-0.25, -0.2) is 0 Å². The maximum Gasteiger partial charge on any atom is 0.117 e. The molecule has 0 saturated carbocycles. The molecule has 14 heavy (non-hydrogen) atoms. The normalized spacial score (nSPS) is 13.3. The summed E-state index contributed by atoms with van der Waals surface area (Å²) in [6.45, 7) is 2.16. The number of rotatable bonds is 2. The summed E-state index contributed by atoms with van der Waals surface area (Å²) >= 11 is 1.62. The molecule has 0 aliphatic carbocycles. The Morgan fingerprint density at radius 1 is 1.36 bits per heavy atom. The largest absolute Gasteiger partial charge is 0.508 e. The van der Waals surface area contributed by atoms with Crippen molar-refractivity contribution in [2.45, 2.75) is 12.8 Å². The molecular formula is C11H12O2S. The van der Waals surface area contributed by atoms with Gasteiger partial charge in [0.2, 0.25) is 0 Å². The van der Waals surface area contributed by atoms with Gasteiger partial charge in [-0.3, -0.25) is 0 Å². The summed E-state index contributed by atoms with van der Waals surface area (Å²) in [6, 6.07) is 7.41. The van der Waals surface area contributed by atoms with Crippen LogP contribution >= 0.6 is 11.3 Å². The highest BCUT2D eigenvalue weighted by Crippen LogP contribution is 2.32. The molecule has 2 aromatic rings. The Labute approximate surface area is 86.4 Å². The fourth-order valence-electron chi connectivity index (χ4n) is 1.37. The maximum absolute atomic E-state index is 9.29. The number of phenols is 1. The fourth-order valence-corrected chi connectivity index (χ4v) is 2.51. The molecule has 0 saturated heterocycles. The minimum Gasteiger partial charge on any atom is -0.508 e. The molecule has 0 radical (unpaired) electrons. The number of benzene rings is 1. The summed E-state index contributed by atoms with van der Waals surface area (Å²) in [7, 11) is 0. The molecule has 3 heteroatoms. The molecule has 2 N–H and O–H groups in total. The second-order valence-electron chi connectivity index (χ2n) is 3.45. The first-order chi connectivity index (χ1) is 6.70. The van der Waals surface area contributed by atoms with Crippen molar-refractivity contribution in [3.05, 3.63) is 29.1 Å². The molecule has 1 aromatic carbocycles. The number of aromatic hydroxyl groups is 1. The Morgan fingerprint density at radius 2 is 2.14 bits per heavy atom. The minimum atomic E-state index is 0.165. The van der Waals surface area contributed by atoms with Crippen molar-refractivity contribution in [2.75, 3.05) is 6.61 Å². The van der Waals surface area contributed by atoms with E-state index in [1.54, 1.807) is 23.5 Å². The van der Waals surface area contributed by atoms with E-state index < -0.39 is 0 Å². The molecule has 0 amide bonds. The molecule has 0 aliphatic heterocycles. The molecule has 1 heterocycles. The Balaban J connectivity index is 2.51. The van der Waals surface area contributed by atoms with E-state index in [0.29, 0.717) is 5.75 Å². The summed E-state index contributed by atoms with van der Waals surface area (Å²) in [5, 5.41) is 19.4. The van der Waals surface area contributed by atoms with Crippen LogP contribution in [-0.2, 0) is 0 Å². The third-order valence-electron chi connectivity index (χ3n) is 2.28. The lowest BCUT2D eigenvalue weighted by Gasteiger charge is -2.01. The van der Waals surface area contributed by atoms with Gasteiger partial charge >= 0.3 is 0 Å². The van der Waals surface area contributed by atoms with Gasteiger partial charge in [-0.15, -0.1) is 11.3 Å². The van der Waals surface area contributed by atoms with Gasteiger partial charge in [-0.05, 0) is 29.7 Å². The minimum absolute atomic E-state index is 0.165. The van der Waals surface area contributed by atoms with Gasteiger partial charge in [0.1, 0.15) is 5.75 Å². The van der Waals surface area contributed by atoms with Gasteiger partial charge in [0.15, 0.2) is 0 Å². The number of aliphatic hydroxyl groups is 1. The highest BCUT2D eigenvalue weighted by atomic mass is 32.1. The predicted octanol–water partition coefficient (Wildman–Crippen LogP) is 2.70. The Kier molecular flexibility index (Phi) is 2.44. The van der Waals surface area contributed by atoms with Crippen LogP contribution in [0.15, 0.2) is 24.3 Å². The number of thiophene rings is 1. The van der Waals surface area contributed by atoms with Gasteiger partial charge in [-0.1, -0.05) is 6.92 Å². The molecule has 1 atom stereocenters. The Hall–Kier alpha value is -1.06. The van der Waals surface area contributed by atoms with Gasteiger partial charge < -0.3 is 10.2 Å². The fraction of sp³-hybridized carbons (Fsp3) is 0.273. The van der Waals surface area contributed by atoms with Crippen molar-refractivity contribution in [3.8, 4) is 5.75 Å². The number of hydrogen-bond acceptors (Lipinski definition) is 3. The molecule has 1 unspecified atom stereocenters. The average molecular weight is 208 g/mol. The summed E-state index contributed by atoms with van der Waals surface area (Å²) in [6.07, 6.45) is 0. The molecule has 0 fully saturated rings. The predicted molar refractivity (Wildman–Crippen MR) is 59.0 cm³/mol. The van der Waals surface area contributed by atoms with Crippen molar-refractivity contribution in [1.29, 1.82) is 0 Å². The van der Waals surface area contributed by atoms with E-state index in [2.05, 4.69) is 6.07 Å². The van der Waals surface area contributed by atoms with E-state index in [4.69, 9.17) is 5.11 Å². The molecule has 0 aliphatic rings. The molecule has 2 rings (SSSR count). The van der Waals surface area contributed by atoms with E-state index in [-0.39, 0.29) is 12.5 Å². The Bertz CT molecular complexity index is 447. The van der Waals surface area contributed by atoms with Crippen LogP contribution in [0.4, 0.5) is 0 Å². The van der Waals surface area contributed by atoms with Gasteiger partial charge in [0.05, 0.1) is 6.61 Å².